The molecule has 0 heterocycles. The summed E-state index contributed by atoms with van der Waals surface area (Å²) in [6.45, 7) is 0.833. The Morgan fingerprint density at radius 2 is 2.06 bits per heavy atom. The number of hydrogen-bond donors (Lipinski definition) is 2. The Bertz CT molecular complexity index is 383. The molecule has 94 valence electrons. The summed E-state index contributed by atoms with van der Waals surface area (Å²) in [4.78, 5) is 10.2. The number of carbonyl (C=O) groups is 1. The predicted molar refractivity (Wildman–Crippen MR) is 59.6 cm³/mol. The average molecular weight is 243 g/mol. The van der Waals surface area contributed by atoms with Crippen molar-refractivity contribution in [1.29, 1.82) is 0 Å². The zero-order valence-electron chi connectivity index (χ0n) is 9.38. The van der Waals surface area contributed by atoms with Crippen LogP contribution in [0.3, 0.4) is 0 Å². The van der Waals surface area contributed by atoms with E-state index in [0.29, 0.717) is 19.4 Å². The Kier molecular flexibility index (Phi) is 5.56. The number of unbranched alkanes of at least 4 members (excludes halogenated alkanes) is 1. The molecule has 0 unspecified atom stereocenters. The Labute approximate surface area is 98.5 Å². The Hall–Kier alpha value is -1.49. The first-order valence-electron chi connectivity index (χ1n) is 5.46. The number of nitrogens with one attached hydrogen (secondary N) is 1. The first kappa shape index (κ1) is 13.6. The third-order valence-electron chi connectivity index (χ3n) is 2.32. The summed E-state index contributed by atoms with van der Waals surface area (Å²) in [5.41, 5.74) is 0.281. The van der Waals surface area contributed by atoms with Crippen LogP contribution in [0, 0.1) is 11.6 Å². The lowest BCUT2D eigenvalue weighted by Crippen LogP contribution is -2.16. The SMILES string of the molecule is O=C(O)CCCCNCc1cc(F)ccc1F. The van der Waals surface area contributed by atoms with Crippen LogP contribution in [0.25, 0.3) is 0 Å². The highest BCUT2D eigenvalue weighted by atomic mass is 19.1. The van der Waals surface area contributed by atoms with Gasteiger partial charge in [0.2, 0.25) is 0 Å². The van der Waals surface area contributed by atoms with Gasteiger partial charge in [0.15, 0.2) is 0 Å². The van der Waals surface area contributed by atoms with E-state index in [1.165, 1.54) is 0 Å². The quantitative estimate of drug-likeness (QED) is 0.722. The Balaban J connectivity index is 2.22. The van der Waals surface area contributed by atoms with Crippen LogP contribution < -0.4 is 5.32 Å². The maximum absolute atomic E-state index is 13.2. The number of halogens is 2. The summed E-state index contributed by atoms with van der Waals surface area (Å²) in [5.74, 6) is -1.72. The normalized spacial score (nSPS) is 10.5. The van der Waals surface area contributed by atoms with Gasteiger partial charge in [0, 0.05) is 18.5 Å². The van der Waals surface area contributed by atoms with E-state index in [4.69, 9.17) is 5.11 Å². The molecule has 0 fully saturated rings. The molecule has 0 aliphatic carbocycles. The van der Waals surface area contributed by atoms with Crippen LogP contribution in [0.5, 0.6) is 0 Å². The van der Waals surface area contributed by atoms with Crippen molar-refractivity contribution in [2.45, 2.75) is 25.8 Å². The van der Waals surface area contributed by atoms with Crippen LogP contribution >= 0.6 is 0 Å². The van der Waals surface area contributed by atoms with Gasteiger partial charge in [-0.15, -0.1) is 0 Å². The van der Waals surface area contributed by atoms with Crippen molar-refractivity contribution >= 4 is 5.97 Å². The summed E-state index contributed by atoms with van der Waals surface area (Å²) in [7, 11) is 0. The van der Waals surface area contributed by atoms with Gasteiger partial charge in [-0.25, -0.2) is 8.78 Å². The molecule has 0 spiro atoms. The first-order chi connectivity index (χ1) is 8.09. The molecule has 0 amide bonds. The lowest BCUT2D eigenvalue weighted by molar-refractivity contribution is -0.137. The number of hydrogen-bond acceptors (Lipinski definition) is 2. The second-order valence-corrected chi connectivity index (χ2v) is 3.76. The first-order valence-corrected chi connectivity index (χ1v) is 5.46. The molecule has 0 bridgehead atoms. The van der Waals surface area contributed by atoms with Gasteiger partial charge in [0.05, 0.1) is 0 Å². The fraction of sp³-hybridized carbons (Fsp3) is 0.417. The van der Waals surface area contributed by atoms with Crippen LogP contribution in [0.1, 0.15) is 24.8 Å². The minimum absolute atomic E-state index is 0.135. The molecule has 0 saturated carbocycles. The van der Waals surface area contributed by atoms with E-state index in [0.717, 1.165) is 18.2 Å². The highest BCUT2D eigenvalue weighted by molar-refractivity contribution is 5.66. The van der Waals surface area contributed by atoms with Gasteiger partial charge in [-0.2, -0.15) is 0 Å². The van der Waals surface area contributed by atoms with Crippen molar-refractivity contribution in [3.8, 4) is 0 Å². The number of aliphatic carboxylic acids is 1. The highest BCUT2D eigenvalue weighted by Crippen LogP contribution is 2.09. The molecule has 0 aliphatic heterocycles. The second-order valence-electron chi connectivity index (χ2n) is 3.76. The summed E-state index contributed by atoms with van der Waals surface area (Å²) in [5, 5.41) is 11.3. The maximum Gasteiger partial charge on any atom is 0.303 e. The summed E-state index contributed by atoms with van der Waals surface area (Å²) < 4.78 is 26.0. The van der Waals surface area contributed by atoms with Gasteiger partial charge in [-0.05, 0) is 37.6 Å². The molecule has 0 aromatic heterocycles. The van der Waals surface area contributed by atoms with Gasteiger partial charge in [-0.3, -0.25) is 4.79 Å². The number of carboxylic acid groups (broad SMARTS) is 1. The summed E-state index contributed by atoms with van der Waals surface area (Å²) in [6, 6.07) is 3.32. The summed E-state index contributed by atoms with van der Waals surface area (Å²) in [6.07, 6.45) is 1.41. The van der Waals surface area contributed by atoms with Crippen LogP contribution in [-0.4, -0.2) is 17.6 Å². The van der Waals surface area contributed by atoms with Crippen molar-refractivity contribution < 1.29 is 18.7 Å². The zero-order valence-corrected chi connectivity index (χ0v) is 9.38. The van der Waals surface area contributed by atoms with E-state index in [1.807, 2.05) is 0 Å². The standard InChI is InChI=1S/C12H15F2NO2/c13-10-4-5-11(14)9(7-10)8-15-6-2-1-3-12(16)17/h4-5,7,15H,1-3,6,8H2,(H,16,17). The van der Waals surface area contributed by atoms with Crippen LogP contribution in [0.15, 0.2) is 18.2 Å². The lowest BCUT2D eigenvalue weighted by atomic mass is 10.2. The molecular formula is C12H15F2NO2. The molecule has 0 aliphatic rings. The predicted octanol–water partition coefficient (Wildman–Crippen LogP) is 2.31. The van der Waals surface area contributed by atoms with Crippen molar-refractivity contribution in [2.75, 3.05) is 6.54 Å². The third kappa shape index (κ3) is 5.40. The molecular weight excluding hydrogens is 228 g/mol. The van der Waals surface area contributed by atoms with Crippen LogP contribution in [0.4, 0.5) is 8.78 Å². The Morgan fingerprint density at radius 1 is 1.29 bits per heavy atom. The summed E-state index contributed by atoms with van der Waals surface area (Å²) >= 11 is 0. The third-order valence-corrected chi connectivity index (χ3v) is 2.32. The molecule has 0 saturated heterocycles. The Morgan fingerprint density at radius 3 is 2.76 bits per heavy atom. The van der Waals surface area contributed by atoms with E-state index in [2.05, 4.69) is 5.32 Å². The molecule has 1 aromatic carbocycles. The molecule has 3 nitrogen and oxygen atoms in total. The number of benzene rings is 1. The molecule has 0 atom stereocenters. The van der Waals surface area contributed by atoms with E-state index >= 15 is 0 Å². The minimum Gasteiger partial charge on any atom is -0.481 e. The van der Waals surface area contributed by atoms with E-state index in [9.17, 15) is 13.6 Å². The van der Waals surface area contributed by atoms with E-state index in [1.54, 1.807) is 0 Å². The van der Waals surface area contributed by atoms with E-state index in [-0.39, 0.29) is 18.5 Å². The van der Waals surface area contributed by atoms with Gasteiger partial charge in [-0.1, -0.05) is 0 Å². The molecule has 0 radical (unpaired) electrons. The minimum atomic E-state index is -0.818. The monoisotopic (exact) mass is 243 g/mol. The number of rotatable bonds is 7. The highest BCUT2D eigenvalue weighted by Gasteiger charge is 2.03. The van der Waals surface area contributed by atoms with Crippen molar-refractivity contribution in [2.24, 2.45) is 0 Å². The molecule has 2 N–H and O–H groups in total. The molecule has 1 rings (SSSR count). The average Bonchev–Trinajstić information content (AvgIpc) is 2.27. The smallest absolute Gasteiger partial charge is 0.303 e. The van der Waals surface area contributed by atoms with Crippen LogP contribution in [0.2, 0.25) is 0 Å². The zero-order chi connectivity index (χ0) is 12.7. The van der Waals surface area contributed by atoms with Gasteiger partial charge >= 0.3 is 5.97 Å². The van der Waals surface area contributed by atoms with Crippen molar-refractivity contribution in [3.63, 3.8) is 0 Å². The number of carboxylic acids is 1. The second kappa shape index (κ2) is 6.96. The fourth-order valence-electron chi connectivity index (χ4n) is 1.43. The molecule has 17 heavy (non-hydrogen) atoms. The maximum atomic E-state index is 13.2. The molecule has 5 heteroatoms. The fourth-order valence-corrected chi connectivity index (χ4v) is 1.43. The lowest BCUT2D eigenvalue weighted by Gasteiger charge is -2.05. The van der Waals surface area contributed by atoms with Crippen molar-refractivity contribution in [1.82, 2.24) is 5.32 Å². The van der Waals surface area contributed by atoms with E-state index < -0.39 is 17.6 Å². The van der Waals surface area contributed by atoms with Gasteiger partial charge < -0.3 is 10.4 Å². The largest absolute Gasteiger partial charge is 0.481 e. The van der Waals surface area contributed by atoms with Crippen molar-refractivity contribution in [3.05, 3.63) is 35.4 Å². The topological polar surface area (TPSA) is 49.3 Å². The molecule has 1 aromatic rings. The van der Waals surface area contributed by atoms with Crippen LogP contribution in [-0.2, 0) is 11.3 Å². The van der Waals surface area contributed by atoms with Gasteiger partial charge in [0.1, 0.15) is 11.6 Å². The van der Waals surface area contributed by atoms with Gasteiger partial charge in [0.25, 0.3) is 0 Å².